The van der Waals surface area contributed by atoms with Crippen molar-refractivity contribution in [3.8, 4) is 22.6 Å². The van der Waals surface area contributed by atoms with Crippen molar-refractivity contribution in [2.45, 2.75) is 19.3 Å². The topological polar surface area (TPSA) is 66.0 Å². The maximum atomic E-state index is 12.6. The predicted octanol–water partition coefficient (Wildman–Crippen LogP) is 3.85. The Bertz CT molecular complexity index is 874. The molecule has 0 fully saturated rings. The van der Waals surface area contributed by atoms with Crippen molar-refractivity contribution in [2.75, 3.05) is 0 Å². The van der Waals surface area contributed by atoms with E-state index in [1.807, 2.05) is 0 Å². The first-order chi connectivity index (χ1) is 11.8. The van der Waals surface area contributed by atoms with Crippen LogP contribution in [0.15, 0.2) is 54.9 Å². The van der Waals surface area contributed by atoms with Gasteiger partial charge in [0, 0.05) is 5.56 Å². The number of alkyl halides is 3. The van der Waals surface area contributed by atoms with Crippen LogP contribution in [0.3, 0.4) is 0 Å². The van der Waals surface area contributed by atoms with Gasteiger partial charge in [0.25, 0.3) is 0 Å². The zero-order chi connectivity index (χ0) is 18.0. The summed E-state index contributed by atoms with van der Waals surface area (Å²) >= 11 is 0. The number of halogens is 3. The molecule has 0 aliphatic carbocycles. The molecule has 2 N–H and O–H groups in total. The van der Waals surface area contributed by atoms with Gasteiger partial charge in [-0.05, 0) is 30.7 Å². The molecule has 0 bridgehead atoms. The van der Waals surface area contributed by atoms with Gasteiger partial charge < -0.3 is 10.5 Å². The van der Waals surface area contributed by atoms with Gasteiger partial charge in [-0.2, -0.15) is 0 Å². The zero-order valence-corrected chi connectivity index (χ0v) is 13.2. The lowest BCUT2D eigenvalue weighted by Crippen LogP contribution is -2.17. The third-order valence-electron chi connectivity index (χ3n) is 3.45. The molecule has 0 aliphatic rings. The third-order valence-corrected chi connectivity index (χ3v) is 3.45. The number of para-hydroxylation sites is 1. The van der Waals surface area contributed by atoms with Crippen LogP contribution in [0.1, 0.15) is 18.8 Å². The van der Waals surface area contributed by atoms with Crippen molar-refractivity contribution < 1.29 is 17.9 Å². The first-order valence-electron chi connectivity index (χ1n) is 7.46. The molecule has 25 heavy (non-hydrogen) atoms. The Labute approximate surface area is 141 Å². The summed E-state index contributed by atoms with van der Waals surface area (Å²) in [4.78, 5) is 4.11. The largest absolute Gasteiger partial charge is 0.573 e. The Kier molecular flexibility index (Phi) is 4.45. The van der Waals surface area contributed by atoms with Gasteiger partial charge in [-0.15, -0.1) is 18.3 Å². The summed E-state index contributed by atoms with van der Waals surface area (Å²) in [5.74, 6) is 0.216. The average molecular weight is 348 g/mol. The molecule has 1 atom stereocenters. The van der Waals surface area contributed by atoms with E-state index in [9.17, 15) is 13.2 Å². The fourth-order valence-corrected chi connectivity index (χ4v) is 2.34. The van der Waals surface area contributed by atoms with Crippen molar-refractivity contribution >= 4 is 0 Å². The summed E-state index contributed by atoms with van der Waals surface area (Å²) in [6.07, 6.45) is -3.25. The molecule has 5 nitrogen and oxygen atoms in total. The first-order valence-corrected chi connectivity index (χ1v) is 7.46. The lowest BCUT2D eigenvalue weighted by Gasteiger charge is -2.13. The number of hydrogen-bond acceptors (Lipinski definition) is 4. The van der Waals surface area contributed by atoms with Crippen LogP contribution in [0.25, 0.3) is 16.8 Å². The van der Waals surface area contributed by atoms with E-state index in [1.165, 1.54) is 23.1 Å². The quantitative estimate of drug-likeness (QED) is 0.778. The van der Waals surface area contributed by atoms with Crippen molar-refractivity contribution in [2.24, 2.45) is 5.73 Å². The number of hydrogen-bond donors (Lipinski definition) is 1. The SMILES string of the molecule is CC(N)c1ncn(-c2cccc(-c3ccccc3OC(F)(F)F)c2)n1. The number of rotatable bonds is 4. The molecular formula is C17H15F3N4O. The number of benzene rings is 2. The zero-order valence-electron chi connectivity index (χ0n) is 13.2. The van der Waals surface area contributed by atoms with Gasteiger partial charge in [-0.1, -0.05) is 30.3 Å². The van der Waals surface area contributed by atoms with E-state index in [4.69, 9.17) is 5.73 Å². The maximum absolute atomic E-state index is 12.6. The first kappa shape index (κ1) is 17.0. The molecule has 0 aliphatic heterocycles. The van der Waals surface area contributed by atoms with E-state index in [0.29, 0.717) is 22.6 Å². The fraction of sp³-hybridized carbons (Fsp3) is 0.176. The predicted molar refractivity (Wildman–Crippen MR) is 86.1 cm³/mol. The van der Waals surface area contributed by atoms with E-state index in [0.717, 1.165) is 0 Å². The highest BCUT2D eigenvalue weighted by atomic mass is 19.4. The van der Waals surface area contributed by atoms with Gasteiger partial charge in [-0.3, -0.25) is 0 Å². The molecule has 2 aromatic carbocycles. The van der Waals surface area contributed by atoms with Crippen molar-refractivity contribution in [3.05, 3.63) is 60.7 Å². The molecule has 1 aromatic heterocycles. The molecule has 0 radical (unpaired) electrons. The molecule has 3 aromatic rings. The second kappa shape index (κ2) is 6.56. The highest BCUT2D eigenvalue weighted by molar-refractivity contribution is 5.72. The molecule has 8 heteroatoms. The van der Waals surface area contributed by atoms with Crippen molar-refractivity contribution in [3.63, 3.8) is 0 Å². The highest BCUT2D eigenvalue weighted by Crippen LogP contribution is 2.34. The standard InChI is InChI=1S/C17H15F3N4O/c1-11(21)16-22-10-24(23-16)13-6-4-5-12(9-13)14-7-2-3-8-15(14)25-17(18,19)20/h2-11H,21H2,1H3. The summed E-state index contributed by atoms with van der Waals surface area (Å²) in [6.45, 7) is 1.76. The lowest BCUT2D eigenvalue weighted by atomic mass is 10.0. The van der Waals surface area contributed by atoms with Crippen LogP contribution in [0.2, 0.25) is 0 Å². The fourth-order valence-electron chi connectivity index (χ4n) is 2.34. The molecule has 3 rings (SSSR count). The maximum Gasteiger partial charge on any atom is 0.573 e. The molecule has 1 heterocycles. The summed E-state index contributed by atoms with van der Waals surface area (Å²) in [5, 5.41) is 4.27. The minimum absolute atomic E-state index is 0.262. The minimum atomic E-state index is -4.76. The molecule has 130 valence electrons. The van der Waals surface area contributed by atoms with Crippen LogP contribution < -0.4 is 10.5 Å². The van der Waals surface area contributed by atoms with Crippen molar-refractivity contribution in [1.82, 2.24) is 14.8 Å². The van der Waals surface area contributed by atoms with E-state index < -0.39 is 6.36 Å². The van der Waals surface area contributed by atoms with Gasteiger partial charge in [0.2, 0.25) is 0 Å². The van der Waals surface area contributed by atoms with Crippen LogP contribution in [-0.2, 0) is 0 Å². The monoisotopic (exact) mass is 348 g/mol. The van der Waals surface area contributed by atoms with Crippen LogP contribution in [0, 0.1) is 0 Å². The Morgan fingerprint density at radius 2 is 1.88 bits per heavy atom. The average Bonchev–Trinajstić information content (AvgIpc) is 3.04. The van der Waals surface area contributed by atoms with E-state index in [-0.39, 0.29) is 11.8 Å². The molecule has 1 unspecified atom stereocenters. The molecule has 0 amide bonds. The normalized spacial score (nSPS) is 12.8. The number of ether oxygens (including phenoxy) is 1. The van der Waals surface area contributed by atoms with Gasteiger partial charge >= 0.3 is 6.36 Å². The Morgan fingerprint density at radius 1 is 1.12 bits per heavy atom. The smallest absolute Gasteiger partial charge is 0.405 e. The minimum Gasteiger partial charge on any atom is -0.405 e. The molecule has 0 saturated carbocycles. The Morgan fingerprint density at radius 3 is 2.56 bits per heavy atom. The van der Waals surface area contributed by atoms with Gasteiger partial charge in [0.05, 0.1) is 11.7 Å². The summed E-state index contributed by atoms with van der Waals surface area (Å²) in [6, 6.07) is 12.6. The van der Waals surface area contributed by atoms with Gasteiger partial charge in [0.1, 0.15) is 12.1 Å². The summed E-state index contributed by atoms with van der Waals surface area (Å²) < 4.78 is 43.5. The molecular weight excluding hydrogens is 333 g/mol. The summed E-state index contributed by atoms with van der Waals surface area (Å²) in [5.41, 5.74) is 7.29. The summed E-state index contributed by atoms with van der Waals surface area (Å²) in [7, 11) is 0. The second-order valence-corrected chi connectivity index (χ2v) is 5.43. The molecule has 0 spiro atoms. The second-order valence-electron chi connectivity index (χ2n) is 5.43. The number of nitrogens with two attached hydrogens (primary N) is 1. The van der Waals surface area contributed by atoms with Gasteiger partial charge in [-0.25, -0.2) is 9.67 Å². The molecule has 0 saturated heterocycles. The van der Waals surface area contributed by atoms with Gasteiger partial charge in [0.15, 0.2) is 5.82 Å². The highest BCUT2D eigenvalue weighted by Gasteiger charge is 2.32. The van der Waals surface area contributed by atoms with E-state index in [1.54, 1.807) is 43.3 Å². The van der Waals surface area contributed by atoms with E-state index in [2.05, 4.69) is 14.8 Å². The lowest BCUT2D eigenvalue weighted by molar-refractivity contribution is -0.274. The Hall–Kier alpha value is -2.87. The van der Waals surface area contributed by atoms with E-state index >= 15 is 0 Å². The number of aromatic nitrogens is 3. The third kappa shape index (κ3) is 3.97. The Balaban J connectivity index is 1.99. The van der Waals surface area contributed by atoms with Crippen molar-refractivity contribution in [1.29, 1.82) is 0 Å². The van der Waals surface area contributed by atoms with Crippen LogP contribution in [-0.4, -0.2) is 21.1 Å². The van der Waals surface area contributed by atoms with Crippen LogP contribution in [0.4, 0.5) is 13.2 Å². The number of nitrogens with zero attached hydrogens (tertiary/aromatic N) is 3. The van der Waals surface area contributed by atoms with Crippen LogP contribution in [0.5, 0.6) is 5.75 Å². The van der Waals surface area contributed by atoms with Crippen LogP contribution >= 0.6 is 0 Å².